The highest BCUT2D eigenvalue weighted by molar-refractivity contribution is 8.17. The predicted molar refractivity (Wildman–Crippen MR) is 64.2 cm³/mol. The fourth-order valence-corrected chi connectivity index (χ4v) is 4.56. The highest BCUT2D eigenvalue weighted by Crippen LogP contribution is 2.33. The van der Waals surface area contributed by atoms with Crippen molar-refractivity contribution in [3.8, 4) is 0 Å². The van der Waals surface area contributed by atoms with Gasteiger partial charge < -0.3 is 0 Å². The molecule has 0 heterocycles. The van der Waals surface area contributed by atoms with E-state index in [0.29, 0.717) is 0 Å². The Morgan fingerprint density at radius 2 is 1.33 bits per heavy atom. The van der Waals surface area contributed by atoms with Gasteiger partial charge in [-0.2, -0.15) is 0 Å². The molecule has 0 atom stereocenters. The van der Waals surface area contributed by atoms with Gasteiger partial charge in [-0.15, -0.1) is 23.5 Å². The minimum Gasteiger partial charge on any atom is -0.145 e. The van der Waals surface area contributed by atoms with Gasteiger partial charge in [-0.1, -0.05) is 41.0 Å². The third-order valence-electron chi connectivity index (χ3n) is 1.37. The molecular weight excluding hydrogens is 184 g/mol. The molecule has 2 heteroatoms. The maximum absolute atomic E-state index is 2.29. The van der Waals surface area contributed by atoms with Crippen LogP contribution in [0.2, 0.25) is 0 Å². The molecule has 0 radical (unpaired) electrons. The Balaban J connectivity index is 3.69. The molecule has 0 aromatic heterocycles. The summed E-state index contributed by atoms with van der Waals surface area (Å²) in [5, 5.41) is 1.54. The lowest BCUT2D eigenvalue weighted by molar-refractivity contribution is 0.862. The molecule has 0 spiro atoms. The maximum Gasteiger partial charge on any atom is 0.0507 e. The summed E-state index contributed by atoms with van der Waals surface area (Å²) >= 11 is 4.23. The van der Waals surface area contributed by atoms with E-state index in [1.165, 1.54) is 12.8 Å². The van der Waals surface area contributed by atoms with Crippen LogP contribution in [0.15, 0.2) is 0 Å². The van der Waals surface area contributed by atoms with Crippen LogP contribution in [0.3, 0.4) is 0 Å². The Morgan fingerprint density at radius 3 is 1.58 bits per heavy atom. The van der Waals surface area contributed by atoms with E-state index in [1.807, 2.05) is 0 Å². The van der Waals surface area contributed by atoms with E-state index < -0.39 is 0 Å². The molecule has 0 fully saturated rings. The van der Waals surface area contributed by atoms with Crippen molar-refractivity contribution in [2.24, 2.45) is 0 Å². The molecule has 0 amide bonds. The highest BCUT2D eigenvalue weighted by atomic mass is 32.2. The SMILES string of the molecule is CCCC(SC(C)C)SC(C)C. The third-order valence-corrected chi connectivity index (χ3v) is 4.21. The molecule has 0 aliphatic rings. The smallest absolute Gasteiger partial charge is 0.0507 e. The summed E-state index contributed by atoms with van der Waals surface area (Å²) in [5.41, 5.74) is 0. The minimum atomic E-state index is 0.771. The molecule has 0 aliphatic heterocycles. The average Bonchev–Trinajstić information content (AvgIpc) is 1.84. The van der Waals surface area contributed by atoms with Crippen molar-refractivity contribution in [2.45, 2.75) is 62.5 Å². The summed E-state index contributed by atoms with van der Waals surface area (Å²) in [6.07, 6.45) is 2.66. The van der Waals surface area contributed by atoms with Gasteiger partial charge in [-0.25, -0.2) is 0 Å². The highest BCUT2D eigenvalue weighted by Gasteiger charge is 2.12. The lowest BCUT2D eigenvalue weighted by atomic mass is 10.4. The van der Waals surface area contributed by atoms with Gasteiger partial charge >= 0.3 is 0 Å². The molecule has 74 valence electrons. The zero-order valence-electron chi connectivity index (χ0n) is 8.96. The van der Waals surface area contributed by atoms with E-state index in [-0.39, 0.29) is 0 Å². The largest absolute Gasteiger partial charge is 0.145 e. The van der Waals surface area contributed by atoms with Gasteiger partial charge in [-0.05, 0) is 6.42 Å². The van der Waals surface area contributed by atoms with Crippen molar-refractivity contribution in [3.05, 3.63) is 0 Å². The lowest BCUT2D eigenvalue weighted by Gasteiger charge is -2.19. The van der Waals surface area contributed by atoms with Crippen LogP contribution in [0.4, 0.5) is 0 Å². The summed E-state index contributed by atoms with van der Waals surface area (Å²) in [6, 6.07) is 0. The molecular formula is C10H22S2. The van der Waals surface area contributed by atoms with Crippen molar-refractivity contribution in [1.82, 2.24) is 0 Å². The van der Waals surface area contributed by atoms with Gasteiger partial charge in [0.05, 0.1) is 4.58 Å². The molecule has 0 unspecified atom stereocenters. The van der Waals surface area contributed by atoms with Crippen LogP contribution in [0, 0.1) is 0 Å². The second-order valence-electron chi connectivity index (χ2n) is 3.59. The van der Waals surface area contributed by atoms with Crippen LogP contribution in [0.25, 0.3) is 0 Å². The molecule has 0 bridgehead atoms. The zero-order valence-corrected chi connectivity index (χ0v) is 10.6. The molecule has 0 aromatic rings. The lowest BCUT2D eigenvalue weighted by Crippen LogP contribution is -2.05. The molecule has 0 rings (SSSR count). The molecule has 0 N–H and O–H groups in total. The summed E-state index contributed by atoms with van der Waals surface area (Å²) in [5.74, 6) is 0. The zero-order chi connectivity index (χ0) is 9.56. The van der Waals surface area contributed by atoms with Gasteiger partial charge in [0.25, 0.3) is 0 Å². The van der Waals surface area contributed by atoms with Crippen LogP contribution in [0.5, 0.6) is 0 Å². The number of thioether (sulfide) groups is 2. The summed E-state index contributed by atoms with van der Waals surface area (Å²) in [7, 11) is 0. The van der Waals surface area contributed by atoms with Crippen LogP contribution < -0.4 is 0 Å². The number of hydrogen-bond acceptors (Lipinski definition) is 2. The molecule has 12 heavy (non-hydrogen) atoms. The monoisotopic (exact) mass is 206 g/mol. The first-order chi connectivity index (χ1) is 5.56. The van der Waals surface area contributed by atoms with Gasteiger partial charge in [0.2, 0.25) is 0 Å². The van der Waals surface area contributed by atoms with Gasteiger partial charge in [-0.3, -0.25) is 0 Å². The quantitative estimate of drug-likeness (QED) is 0.591. The Kier molecular flexibility index (Phi) is 7.55. The third kappa shape index (κ3) is 7.35. The Bertz CT molecular complexity index is 90.0. The van der Waals surface area contributed by atoms with Crippen molar-refractivity contribution < 1.29 is 0 Å². The van der Waals surface area contributed by atoms with Crippen LogP contribution in [0.1, 0.15) is 47.5 Å². The van der Waals surface area contributed by atoms with Gasteiger partial charge in [0, 0.05) is 10.5 Å². The Hall–Kier alpha value is 0.700. The first-order valence-electron chi connectivity index (χ1n) is 4.87. The Labute approximate surface area is 86.3 Å². The van der Waals surface area contributed by atoms with Crippen molar-refractivity contribution in [1.29, 1.82) is 0 Å². The van der Waals surface area contributed by atoms with E-state index in [0.717, 1.165) is 15.1 Å². The normalized spacial score (nSPS) is 12.0. The van der Waals surface area contributed by atoms with Crippen LogP contribution >= 0.6 is 23.5 Å². The van der Waals surface area contributed by atoms with E-state index >= 15 is 0 Å². The van der Waals surface area contributed by atoms with E-state index in [9.17, 15) is 0 Å². The molecule has 0 saturated carbocycles. The van der Waals surface area contributed by atoms with Crippen molar-refractivity contribution in [2.75, 3.05) is 0 Å². The fourth-order valence-electron chi connectivity index (χ4n) is 1.01. The predicted octanol–water partition coefficient (Wildman–Crippen LogP) is 4.40. The standard InChI is InChI=1S/C10H22S2/c1-6-7-10(11-8(2)3)12-9(4)5/h8-10H,6-7H2,1-5H3. The first-order valence-corrected chi connectivity index (χ1v) is 6.75. The minimum absolute atomic E-state index is 0.771. The van der Waals surface area contributed by atoms with E-state index in [1.54, 1.807) is 0 Å². The van der Waals surface area contributed by atoms with Gasteiger partial charge in [0.15, 0.2) is 0 Å². The topological polar surface area (TPSA) is 0 Å². The Morgan fingerprint density at radius 1 is 0.917 bits per heavy atom. The average molecular weight is 206 g/mol. The summed E-state index contributed by atoms with van der Waals surface area (Å²) in [4.78, 5) is 0. The molecule has 0 aliphatic carbocycles. The second kappa shape index (κ2) is 7.14. The van der Waals surface area contributed by atoms with Crippen LogP contribution in [-0.2, 0) is 0 Å². The fraction of sp³-hybridized carbons (Fsp3) is 1.00. The van der Waals surface area contributed by atoms with Crippen LogP contribution in [-0.4, -0.2) is 15.1 Å². The second-order valence-corrected chi connectivity index (χ2v) is 7.45. The van der Waals surface area contributed by atoms with E-state index in [4.69, 9.17) is 0 Å². The summed E-state index contributed by atoms with van der Waals surface area (Å²) < 4.78 is 0.815. The van der Waals surface area contributed by atoms with Crippen molar-refractivity contribution >= 4 is 23.5 Å². The summed E-state index contributed by atoms with van der Waals surface area (Å²) in [6.45, 7) is 11.4. The molecule has 0 aromatic carbocycles. The molecule has 0 saturated heterocycles. The van der Waals surface area contributed by atoms with E-state index in [2.05, 4.69) is 58.1 Å². The van der Waals surface area contributed by atoms with Gasteiger partial charge in [0.1, 0.15) is 0 Å². The number of hydrogen-bond donors (Lipinski definition) is 0. The van der Waals surface area contributed by atoms with Crippen molar-refractivity contribution in [3.63, 3.8) is 0 Å². The number of rotatable bonds is 6. The first kappa shape index (κ1) is 12.7. The maximum atomic E-state index is 2.29. The molecule has 0 nitrogen and oxygen atoms in total.